The molecule has 1 unspecified atom stereocenters. The minimum atomic E-state index is -0.243. The second-order valence-electron chi connectivity index (χ2n) is 5.04. The van der Waals surface area contributed by atoms with Crippen LogP contribution in [0.4, 0.5) is 5.69 Å². The number of aryl methyl sites for hydroxylation is 1. The van der Waals surface area contributed by atoms with E-state index >= 15 is 0 Å². The Balaban J connectivity index is 1.81. The van der Waals surface area contributed by atoms with Crippen molar-refractivity contribution in [2.24, 2.45) is 5.10 Å². The first-order valence-electron chi connectivity index (χ1n) is 6.82. The van der Waals surface area contributed by atoms with Gasteiger partial charge < -0.3 is 0 Å². The molecule has 1 aliphatic rings. The number of thioether (sulfide) groups is 1. The predicted octanol–water partition coefficient (Wildman–Crippen LogP) is 3.88. The highest BCUT2D eigenvalue weighted by Crippen LogP contribution is 2.31. The molecule has 0 N–H and O–H groups in total. The van der Waals surface area contributed by atoms with Gasteiger partial charge in [0, 0.05) is 4.90 Å². The van der Waals surface area contributed by atoms with Gasteiger partial charge in [0.05, 0.1) is 11.4 Å². The fourth-order valence-electron chi connectivity index (χ4n) is 2.19. The monoisotopic (exact) mass is 296 g/mol. The van der Waals surface area contributed by atoms with Gasteiger partial charge in [0.1, 0.15) is 5.25 Å². The number of rotatable bonds is 3. The lowest BCUT2D eigenvalue weighted by Gasteiger charge is -2.14. The highest BCUT2D eigenvalue weighted by molar-refractivity contribution is 8.01. The van der Waals surface area contributed by atoms with Gasteiger partial charge in [-0.2, -0.15) is 10.1 Å². The van der Waals surface area contributed by atoms with E-state index < -0.39 is 0 Å². The Kier molecular flexibility index (Phi) is 3.80. The number of hydrazone groups is 1. The lowest BCUT2D eigenvalue weighted by atomic mass is 10.2. The van der Waals surface area contributed by atoms with Crippen LogP contribution in [0.2, 0.25) is 0 Å². The van der Waals surface area contributed by atoms with Crippen molar-refractivity contribution in [1.29, 1.82) is 0 Å². The highest BCUT2D eigenvalue weighted by Gasteiger charge is 2.35. The molecule has 0 radical (unpaired) electrons. The first-order valence-corrected chi connectivity index (χ1v) is 7.70. The average molecular weight is 296 g/mol. The largest absolute Gasteiger partial charge is 0.271 e. The number of benzene rings is 2. The summed E-state index contributed by atoms with van der Waals surface area (Å²) in [5.74, 6) is 0.0178. The molecule has 2 aromatic rings. The molecule has 0 saturated carbocycles. The first kappa shape index (κ1) is 13.9. The van der Waals surface area contributed by atoms with E-state index in [1.807, 2.05) is 49.4 Å². The van der Waals surface area contributed by atoms with Crippen LogP contribution in [0.25, 0.3) is 0 Å². The molecule has 1 atom stereocenters. The Bertz CT molecular complexity index is 680. The summed E-state index contributed by atoms with van der Waals surface area (Å²) in [6.07, 6.45) is 0. The number of hydrogen-bond donors (Lipinski definition) is 0. The Morgan fingerprint density at radius 2 is 1.67 bits per heavy atom. The van der Waals surface area contributed by atoms with E-state index in [0.29, 0.717) is 0 Å². The van der Waals surface area contributed by atoms with E-state index in [4.69, 9.17) is 0 Å². The van der Waals surface area contributed by atoms with E-state index in [9.17, 15) is 4.79 Å². The molecule has 4 heteroatoms. The molecule has 0 saturated heterocycles. The molecule has 21 heavy (non-hydrogen) atoms. The maximum absolute atomic E-state index is 12.6. The van der Waals surface area contributed by atoms with Crippen LogP contribution in [0.1, 0.15) is 12.5 Å². The number of carbonyl (C=O) groups excluding carboxylic acids is 1. The van der Waals surface area contributed by atoms with Crippen molar-refractivity contribution < 1.29 is 4.79 Å². The molecule has 1 amide bonds. The highest BCUT2D eigenvalue weighted by atomic mass is 32.2. The lowest BCUT2D eigenvalue weighted by molar-refractivity contribution is -0.116. The lowest BCUT2D eigenvalue weighted by Crippen LogP contribution is -2.28. The normalized spacial score (nSPS) is 18.0. The minimum Gasteiger partial charge on any atom is -0.271 e. The summed E-state index contributed by atoms with van der Waals surface area (Å²) in [6.45, 7) is 3.96. The molecule has 1 aliphatic heterocycles. The van der Waals surface area contributed by atoms with Gasteiger partial charge in [-0.1, -0.05) is 35.9 Å². The summed E-state index contributed by atoms with van der Waals surface area (Å²) in [5, 5.41) is 5.67. The van der Waals surface area contributed by atoms with E-state index in [1.54, 1.807) is 11.8 Å². The van der Waals surface area contributed by atoms with Crippen LogP contribution in [0.3, 0.4) is 0 Å². The van der Waals surface area contributed by atoms with Gasteiger partial charge in [-0.25, -0.2) is 0 Å². The third-order valence-electron chi connectivity index (χ3n) is 3.35. The minimum absolute atomic E-state index is 0.0178. The van der Waals surface area contributed by atoms with Crippen LogP contribution >= 0.6 is 11.8 Å². The van der Waals surface area contributed by atoms with Gasteiger partial charge in [0.25, 0.3) is 5.91 Å². The molecule has 3 nitrogen and oxygen atoms in total. The summed E-state index contributed by atoms with van der Waals surface area (Å²) < 4.78 is 0. The smallest absolute Gasteiger partial charge is 0.266 e. The zero-order valence-corrected chi connectivity index (χ0v) is 12.8. The van der Waals surface area contributed by atoms with Crippen molar-refractivity contribution in [2.45, 2.75) is 24.0 Å². The number of hydrogen-bond acceptors (Lipinski definition) is 3. The number of carbonyl (C=O) groups is 1. The van der Waals surface area contributed by atoms with Gasteiger partial charge >= 0.3 is 0 Å². The Hall–Kier alpha value is -2.07. The molecular formula is C17H16N2OS. The zero-order valence-electron chi connectivity index (χ0n) is 12.0. The Morgan fingerprint density at radius 1 is 1.00 bits per heavy atom. The molecule has 0 spiro atoms. The van der Waals surface area contributed by atoms with Crippen molar-refractivity contribution in [3.63, 3.8) is 0 Å². The van der Waals surface area contributed by atoms with Crippen LogP contribution in [0.5, 0.6) is 0 Å². The fraction of sp³-hybridized carbons (Fsp3) is 0.176. The van der Waals surface area contributed by atoms with Crippen LogP contribution in [0, 0.1) is 6.92 Å². The molecule has 2 aromatic carbocycles. The van der Waals surface area contributed by atoms with Crippen molar-refractivity contribution in [3.8, 4) is 0 Å². The number of para-hydroxylation sites is 1. The summed E-state index contributed by atoms with van der Waals surface area (Å²) in [7, 11) is 0. The van der Waals surface area contributed by atoms with Crippen molar-refractivity contribution in [1.82, 2.24) is 0 Å². The summed E-state index contributed by atoms with van der Waals surface area (Å²) >= 11 is 1.55. The van der Waals surface area contributed by atoms with Gasteiger partial charge in [0.15, 0.2) is 0 Å². The summed E-state index contributed by atoms with van der Waals surface area (Å²) in [5.41, 5.74) is 2.87. The van der Waals surface area contributed by atoms with E-state index in [0.717, 1.165) is 16.3 Å². The quantitative estimate of drug-likeness (QED) is 0.861. The molecule has 0 aromatic heterocycles. The maximum Gasteiger partial charge on any atom is 0.266 e. The second kappa shape index (κ2) is 5.74. The van der Waals surface area contributed by atoms with Gasteiger partial charge in [-0.15, -0.1) is 11.8 Å². The number of anilines is 1. The van der Waals surface area contributed by atoms with Crippen molar-refractivity contribution in [3.05, 3.63) is 60.2 Å². The molecule has 106 valence electrons. The molecular weight excluding hydrogens is 280 g/mol. The van der Waals surface area contributed by atoms with E-state index in [2.05, 4.69) is 24.2 Å². The van der Waals surface area contributed by atoms with E-state index in [1.165, 1.54) is 10.6 Å². The predicted molar refractivity (Wildman–Crippen MR) is 87.9 cm³/mol. The van der Waals surface area contributed by atoms with Gasteiger partial charge in [0.2, 0.25) is 0 Å². The average Bonchev–Trinajstić information content (AvgIpc) is 2.78. The molecule has 0 bridgehead atoms. The Morgan fingerprint density at radius 3 is 2.33 bits per heavy atom. The van der Waals surface area contributed by atoms with E-state index in [-0.39, 0.29) is 11.2 Å². The summed E-state index contributed by atoms with van der Waals surface area (Å²) in [4.78, 5) is 13.7. The fourth-order valence-corrected chi connectivity index (χ4v) is 3.18. The summed E-state index contributed by atoms with van der Waals surface area (Å²) in [6, 6.07) is 17.8. The maximum atomic E-state index is 12.6. The molecule has 1 heterocycles. The number of amides is 1. The zero-order chi connectivity index (χ0) is 14.8. The van der Waals surface area contributed by atoms with Gasteiger partial charge in [-0.05, 0) is 38.1 Å². The molecule has 0 fully saturated rings. The van der Waals surface area contributed by atoms with Crippen LogP contribution in [-0.2, 0) is 4.79 Å². The third kappa shape index (κ3) is 2.85. The van der Waals surface area contributed by atoms with Crippen LogP contribution in [0.15, 0.2) is 64.6 Å². The first-order chi connectivity index (χ1) is 10.1. The SMILES string of the molecule is CC1=NN(c2ccccc2)C(=O)C1Sc1ccc(C)cc1. The van der Waals surface area contributed by atoms with Crippen LogP contribution < -0.4 is 5.01 Å². The standard InChI is InChI=1S/C17H16N2OS/c1-12-8-10-15(11-9-12)21-16-13(2)18-19(17(16)20)14-6-4-3-5-7-14/h3-11,16H,1-2H3. The third-order valence-corrected chi connectivity index (χ3v) is 4.67. The second-order valence-corrected chi connectivity index (χ2v) is 6.22. The topological polar surface area (TPSA) is 32.7 Å². The molecule has 3 rings (SSSR count). The molecule has 0 aliphatic carbocycles. The van der Waals surface area contributed by atoms with Crippen LogP contribution in [-0.4, -0.2) is 16.9 Å². The Labute approximate surface area is 128 Å². The van der Waals surface area contributed by atoms with Crippen molar-refractivity contribution in [2.75, 3.05) is 5.01 Å². The number of nitrogens with zero attached hydrogens (tertiary/aromatic N) is 2. The van der Waals surface area contributed by atoms with Gasteiger partial charge in [-0.3, -0.25) is 4.79 Å². The van der Waals surface area contributed by atoms with Crippen molar-refractivity contribution >= 4 is 29.1 Å².